The molecule has 0 aliphatic carbocycles. The topological polar surface area (TPSA) is 97.5 Å². The number of aliphatic carboxylic acids is 1. The quantitative estimate of drug-likeness (QED) is 0.472. The molecule has 96 valence electrons. The van der Waals surface area contributed by atoms with Crippen LogP contribution in [0, 0.1) is 16.0 Å². The number of hydrogen-bond donors (Lipinski definition) is 1. The van der Waals surface area contributed by atoms with Crippen LogP contribution >= 0.6 is 0 Å². The maximum Gasteiger partial charge on any atom is 0.314 e. The number of aryl methyl sites for hydroxylation is 1. The Morgan fingerprint density at radius 1 is 1.39 bits per heavy atom. The van der Waals surface area contributed by atoms with Gasteiger partial charge in [-0.15, -0.1) is 0 Å². The molecule has 0 aromatic heterocycles. The molecule has 0 aliphatic rings. The number of carbonyl (C=O) groups excluding carboxylic acids is 1. The van der Waals surface area contributed by atoms with E-state index in [9.17, 15) is 19.7 Å². The van der Waals surface area contributed by atoms with Crippen LogP contribution in [0.1, 0.15) is 18.9 Å². The highest BCUT2D eigenvalue weighted by Crippen LogP contribution is 2.21. The van der Waals surface area contributed by atoms with Crippen LogP contribution in [-0.4, -0.2) is 21.8 Å². The first-order chi connectivity index (χ1) is 8.43. The van der Waals surface area contributed by atoms with Crippen molar-refractivity contribution in [1.82, 2.24) is 0 Å². The van der Waals surface area contributed by atoms with E-state index in [1.54, 1.807) is 18.2 Å². The molecule has 18 heavy (non-hydrogen) atoms. The lowest BCUT2D eigenvalue weighted by molar-refractivity contribution is -0.385. The molecule has 0 bridgehead atoms. The van der Waals surface area contributed by atoms with E-state index in [1.807, 2.05) is 0 Å². The Labute approximate surface area is 103 Å². The summed E-state index contributed by atoms with van der Waals surface area (Å²) < 4.78 is 0. The fourth-order valence-corrected chi connectivity index (χ4v) is 1.70. The van der Waals surface area contributed by atoms with E-state index in [2.05, 4.69) is 0 Å². The van der Waals surface area contributed by atoms with Gasteiger partial charge in [-0.1, -0.05) is 18.2 Å². The summed E-state index contributed by atoms with van der Waals surface area (Å²) in [4.78, 5) is 32.2. The summed E-state index contributed by atoms with van der Waals surface area (Å²) in [7, 11) is 0. The van der Waals surface area contributed by atoms with Gasteiger partial charge in [-0.25, -0.2) is 0 Å². The number of benzene rings is 1. The molecular weight excluding hydrogens is 238 g/mol. The lowest BCUT2D eigenvalue weighted by Gasteiger charge is -2.08. The molecule has 0 spiro atoms. The minimum Gasteiger partial charge on any atom is -0.481 e. The van der Waals surface area contributed by atoms with Crippen LogP contribution in [0.15, 0.2) is 24.3 Å². The lowest BCUT2D eigenvalue weighted by Crippen LogP contribution is -2.22. The van der Waals surface area contributed by atoms with Gasteiger partial charge in [0, 0.05) is 11.6 Å². The molecule has 0 saturated heterocycles. The van der Waals surface area contributed by atoms with Crippen molar-refractivity contribution in [2.45, 2.75) is 19.8 Å². The van der Waals surface area contributed by atoms with Crippen LogP contribution in [0.4, 0.5) is 5.69 Å². The monoisotopic (exact) mass is 251 g/mol. The maximum atomic E-state index is 11.1. The molecule has 1 rings (SSSR count). The summed E-state index contributed by atoms with van der Waals surface area (Å²) in [5, 5.41) is 19.6. The summed E-state index contributed by atoms with van der Waals surface area (Å²) in [5.74, 6) is -2.74. The van der Waals surface area contributed by atoms with Crippen molar-refractivity contribution in [3.8, 4) is 0 Å². The van der Waals surface area contributed by atoms with Crippen LogP contribution in [0.2, 0.25) is 0 Å². The van der Waals surface area contributed by atoms with E-state index in [0.29, 0.717) is 5.56 Å². The van der Waals surface area contributed by atoms with Crippen molar-refractivity contribution in [2.75, 3.05) is 0 Å². The van der Waals surface area contributed by atoms with Crippen molar-refractivity contribution >= 4 is 17.4 Å². The van der Waals surface area contributed by atoms with Crippen LogP contribution in [0.5, 0.6) is 0 Å². The Morgan fingerprint density at radius 3 is 2.50 bits per heavy atom. The highest BCUT2D eigenvalue weighted by molar-refractivity contribution is 5.96. The molecule has 1 atom stereocenters. The van der Waals surface area contributed by atoms with Crippen molar-refractivity contribution < 1.29 is 19.6 Å². The Balaban J connectivity index is 2.83. The fraction of sp³-hybridized carbons (Fsp3) is 0.333. The molecule has 1 unspecified atom stereocenters. The van der Waals surface area contributed by atoms with Gasteiger partial charge in [0.05, 0.1) is 4.92 Å². The Morgan fingerprint density at radius 2 is 2.00 bits per heavy atom. The smallest absolute Gasteiger partial charge is 0.314 e. The summed E-state index contributed by atoms with van der Waals surface area (Å²) in [6.07, 6.45) is 0.253. The van der Waals surface area contributed by atoms with E-state index >= 15 is 0 Å². The zero-order valence-corrected chi connectivity index (χ0v) is 9.83. The second-order valence-corrected chi connectivity index (χ2v) is 3.93. The maximum absolute atomic E-state index is 11.1. The van der Waals surface area contributed by atoms with Gasteiger partial charge in [-0.3, -0.25) is 19.7 Å². The van der Waals surface area contributed by atoms with Crippen molar-refractivity contribution in [1.29, 1.82) is 0 Å². The molecule has 0 fully saturated rings. The number of ketones is 1. The average molecular weight is 251 g/mol. The molecule has 0 amide bonds. The summed E-state index contributed by atoms with van der Waals surface area (Å²) in [6, 6.07) is 6.11. The van der Waals surface area contributed by atoms with Crippen LogP contribution < -0.4 is 0 Å². The van der Waals surface area contributed by atoms with Gasteiger partial charge in [-0.2, -0.15) is 0 Å². The van der Waals surface area contributed by atoms with Gasteiger partial charge in [0.15, 0.2) is 0 Å². The van der Waals surface area contributed by atoms with E-state index in [1.165, 1.54) is 13.0 Å². The number of carboxylic acids is 1. The first-order valence-corrected chi connectivity index (χ1v) is 5.39. The van der Waals surface area contributed by atoms with Crippen molar-refractivity contribution in [3.05, 3.63) is 39.9 Å². The predicted octanol–water partition coefficient (Wildman–Crippen LogP) is 1.82. The molecule has 0 saturated carbocycles. The molecular formula is C12H13NO5. The summed E-state index contributed by atoms with van der Waals surface area (Å²) in [5.41, 5.74) is 0.389. The van der Waals surface area contributed by atoms with E-state index in [4.69, 9.17) is 5.11 Å². The third-order valence-electron chi connectivity index (χ3n) is 2.68. The highest BCUT2D eigenvalue weighted by Gasteiger charge is 2.23. The molecule has 1 N–H and O–H groups in total. The third-order valence-corrected chi connectivity index (χ3v) is 2.68. The zero-order valence-electron chi connectivity index (χ0n) is 9.83. The number of carboxylic acid groups (broad SMARTS) is 1. The average Bonchev–Trinajstić information content (AvgIpc) is 2.28. The SMILES string of the molecule is CC(=O)C(CCc1ccccc1[N+](=O)[O-])C(=O)O. The Hall–Kier alpha value is -2.24. The van der Waals surface area contributed by atoms with Crippen LogP contribution in [0.25, 0.3) is 0 Å². The van der Waals surface area contributed by atoms with Gasteiger partial charge >= 0.3 is 5.97 Å². The normalized spacial score (nSPS) is 11.8. The minimum absolute atomic E-state index is 0.0507. The first kappa shape index (κ1) is 13.8. The molecule has 0 radical (unpaired) electrons. The fourth-order valence-electron chi connectivity index (χ4n) is 1.70. The summed E-state index contributed by atoms with van der Waals surface area (Å²) >= 11 is 0. The van der Waals surface area contributed by atoms with Crippen LogP contribution in [-0.2, 0) is 16.0 Å². The second kappa shape index (κ2) is 5.90. The van der Waals surface area contributed by atoms with Gasteiger partial charge in [0.25, 0.3) is 5.69 Å². The number of rotatable bonds is 6. The van der Waals surface area contributed by atoms with Gasteiger partial charge in [-0.05, 0) is 19.8 Å². The number of hydrogen-bond acceptors (Lipinski definition) is 4. The molecule has 0 heterocycles. The van der Waals surface area contributed by atoms with Gasteiger partial charge in [0.2, 0.25) is 0 Å². The Kier molecular flexibility index (Phi) is 4.53. The predicted molar refractivity (Wildman–Crippen MR) is 63.2 cm³/mol. The van der Waals surface area contributed by atoms with Gasteiger partial charge in [0.1, 0.15) is 11.7 Å². The molecule has 0 aliphatic heterocycles. The zero-order chi connectivity index (χ0) is 13.7. The van der Waals surface area contributed by atoms with E-state index < -0.39 is 22.6 Å². The highest BCUT2D eigenvalue weighted by atomic mass is 16.6. The lowest BCUT2D eigenvalue weighted by atomic mass is 9.96. The number of carbonyl (C=O) groups is 2. The number of nitro benzene ring substituents is 1. The minimum atomic E-state index is -1.19. The van der Waals surface area contributed by atoms with E-state index in [0.717, 1.165) is 0 Å². The van der Waals surface area contributed by atoms with Crippen molar-refractivity contribution in [2.24, 2.45) is 5.92 Å². The first-order valence-electron chi connectivity index (χ1n) is 5.39. The molecule has 1 aromatic rings. The largest absolute Gasteiger partial charge is 0.481 e. The number of Topliss-reactive ketones (excluding diaryl/α,β-unsaturated/α-hetero) is 1. The Bertz CT molecular complexity index is 469. The standard InChI is InChI=1S/C12H13NO5/c1-8(14)10(12(15)16)7-6-9-4-2-3-5-11(9)13(17)18/h2-5,10H,6-7H2,1H3,(H,15,16). The van der Waals surface area contributed by atoms with Crippen molar-refractivity contribution in [3.63, 3.8) is 0 Å². The molecule has 1 aromatic carbocycles. The summed E-state index contributed by atoms with van der Waals surface area (Å²) in [6.45, 7) is 1.21. The number of nitro groups is 1. The van der Waals surface area contributed by atoms with E-state index in [-0.39, 0.29) is 18.5 Å². The second-order valence-electron chi connectivity index (χ2n) is 3.93. The molecule has 6 nitrogen and oxygen atoms in total. The van der Waals surface area contributed by atoms with Gasteiger partial charge < -0.3 is 5.11 Å². The number of nitrogens with zero attached hydrogens (tertiary/aromatic N) is 1. The third kappa shape index (κ3) is 3.38. The van der Waals surface area contributed by atoms with Crippen LogP contribution in [0.3, 0.4) is 0 Å². The molecule has 6 heteroatoms. The number of para-hydroxylation sites is 1.